The maximum atomic E-state index is 10.4. The fourth-order valence-electron chi connectivity index (χ4n) is 2.05. The summed E-state index contributed by atoms with van der Waals surface area (Å²) in [6, 6.07) is 7.63. The SMILES string of the molecule is CC(NC(C)C(O)c1ccc(Br)cc1)c1cnccn1. The van der Waals surface area contributed by atoms with Crippen molar-refractivity contribution < 1.29 is 5.11 Å². The maximum absolute atomic E-state index is 10.4. The van der Waals surface area contributed by atoms with Crippen molar-refractivity contribution in [2.24, 2.45) is 0 Å². The highest BCUT2D eigenvalue weighted by atomic mass is 79.9. The molecule has 0 saturated carbocycles. The average molecular weight is 336 g/mol. The minimum absolute atomic E-state index is 0.0313. The van der Waals surface area contributed by atoms with Crippen molar-refractivity contribution in [1.82, 2.24) is 15.3 Å². The normalized spacial score (nSPS) is 15.6. The van der Waals surface area contributed by atoms with Crippen LogP contribution in [0.2, 0.25) is 0 Å². The van der Waals surface area contributed by atoms with Gasteiger partial charge in [-0.1, -0.05) is 28.1 Å². The molecule has 5 heteroatoms. The maximum Gasteiger partial charge on any atom is 0.0940 e. The number of hydrogen-bond acceptors (Lipinski definition) is 4. The molecule has 1 aromatic heterocycles. The van der Waals surface area contributed by atoms with E-state index < -0.39 is 6.10 Å². The molecular formula is C15H18BrN3O. The van der Waals surface area contributed by atoms with Crippen molar-refractivity contribution in [2.45, 2.75) is 32.0 Å². The van der Waals surface area contributed by atoms with Gasteiger partial charge in [-0.3, -0.25) is 9.97 Å². The molecule has 0 bridgehead atoms. The summed E-state index contributed by atoms with van der Waals surface area (Å²) in [6.07, 6.45) is 4.48. The molecule has 1 heterocycles. The zero-order chi connectivity index (χ0) is 14.5. The Labute approximate surface area is 127 Å². The van der Waals surface area contributed by atoms with Crippen LogP contribution in [0.5, 0.6) is 0 Å². The van der Waals surface area contributed by atoms with Crippen molar-refractivity contribution in [3.8, 4) is 0 Å². The molecule has 1 aromatic carbocycles. The Balaban J connectivity index is 2.00. The standard InChI is InChI=1S/C15H18BrN3O/c1-10(14-9-17-7-8-18-14)19-11(2)15(20)12-3-5-13(16)6-4-12/h3-11,15,19-20H,1-2H3. The first-order chi connectivity index (χ1) is 9.58. The predicted molar refractivity (Wildman–Crippen MR) is 82.1 cm³/mol. The van der Waals surface area contributed by atoms with E-state index in [1.165, 1.54) is 0 Å². The molecule has 0 aliphatic carbocycles. The van der Waals surface area contributed by atoms with E-state index >= 15 is 0 Å². The quantitative estimate of drug-likeness (QED) is 0.881. The lowest BCUT2D eigenvalue weighted by Gasteiger charge is -2.24. The lowest BCUT2D eigenvalue weighted by Crippen LogP contribution is -2.34. The van der Waals surface area contributed by atoms with Crippen LogP contribution in [0.3, 0.4) is 0 Å². The first-order valence-corrected chi connectivity index (χ1v) is 7.32. The third kappa shape index (κ3) is 3.85. The Bertz CT molecular complexity index is 533. The van der Waals surface area contributed by atoms with Crippen LogP contribution < -0.4 is 5.32 Å². The van der Waals surface area contributed by atoms with Gasteiger partial charge in [-0.2, -0.15) is 0 Å². The molecular weight excluding hydrogens is 318 g/mol. The summed E-state index contributed by atoms with van der Waals surface area (Å²) < 4.78 is 1.00. The van der Waals surface area contributed by atoms with Gasteiger partial charge in [0.15, 0.2) is 0 Å². The molecule has 2 rings (SSSR count). The molecule has 0 saturated heterocycles. The van der Waals surface area contributed by atoms with Gasteiger partial charge < -0.3 is 10.4 Å². The van der Waals surface area contributed by atoms with Crippen molar-refractivity contribution in [3.63, 3.8) is 0 Å². The molecule has 2 aromatic rings. The van der Waals surface area contributed by atoms with E-state index in [2.05, 4.69) is 31.2 Å². The Morgan fingerprint density at radius 3 is 2.45 bits per heavy atom. The Hall–Kier alpha value is -1.30. The van der Waals surface area contributed by atoms with Gasteiger partial charge in [-0.15, -0.1) is 0 Å². The van der Waals surface area contributed by atoms with E-state index in [1.54, 1.807) is 18.6 Å². The zero-order valence-electron chi connectivity index (χ0n) is 11.5. The van der Waals surface area contributed by atoms with Crippen LogP contribution in [0, 0.1) is 0 Å². The molecule has 3 unspecified atom stereocenters. The summed E-state index contributed by atoms with van der Waals surface area (Å²) >= 11 is 3.39. The van der Waals surface area contributed by atoms with Gasteiger partial charge in [0.2, 0.25) is 0 Å². The van der Waals surface area contributed by atoms with Gasteiger partial charge in [0, 0.05) is 35.1 Å². The second-order valence-corrected chi connectivity index (χ2v) is 5.72. The van der Waals surface area contributed by atoms with E-state index in [0.29, 0.717) is 0 Å². The summed E-state index contributed by atoms with van der Waals surface area (Å²) in [5.74, 6) is 0. The summed E-state index contributed by atoms with van der Waals surface area (Å²) in [7, 11) is 0. The number of aliphatic hydroxyl groups excluding tert-OH is 1. The van der Waals surface area contributed by atoms with Crippen LogP contribution in [0.15, 0.2) is 47.3 Å². The van der Waals surface area contributed by atoms with Gasteiger partial charge in [-0.05, 0) is 31.5 Å². The Morgan fingerprint density at radius 1 is 1.15 bits per heavy atom. The van der Waals surface area contributed by atoms with E-state index in [0.717, 1.165) is 15.7 Å². The minimum Gasteiger partial charge on any atom is -0.387 e. The van der Waals surface area contributed by atoms with Gasteiger partial charge >= 0.3 is 0 Å². The third-order valence-electron chi connectivity index (χ3n) is 3.22. The Morgan fingerprint density at radius 2 is 1.85 bits per heavy atom. The topological polar surface area (TPSA) is 58.0 Å². The lowest BCUT2D eigenvalue weighted by atomic mass is 10.0. The first kappa shape index (κ1) is 15.1. The summed E-state index contributed by atoms with van der Waals surface area (Å²) in [6.45, 7) is 3.97. The van der Waals surface area contributed by atoms with Crippen LogP contribution in [-0.4, -0.2) is 21.1 Å². The van der Waals surface area contributed by atoms with Crippen LogP contribution in [0.1, 0.15) is 37.3 Å². The highest BCUT2D eigenvalue weighted by molar-refractivity contribution is 9.10. The zero-order valence-corrected chi connectivity index (χ0v) is 13.1. The number of rotatable bonds is 5. The number of nitrogens with zero attached hydrogens (tertiary/aromatic N) is 2. The van der Waals surface area contributed by atoms with Crippen LogP contribution >= 0.6 is 15.9 Å². The fourth-order valence-corrected chi connectivity index (χ4v) is 2.32. The summed E-state index contributed by atoms with van der Waals surface area (Å²) in [5, 5.41) is 13.7. The second kappa shape index (κ2) is 6.92. The van der Waals surface area contributed by atoms with Crippen molar-refractivity contribution in [3.05, 3.63) is 58.6 Å². The first-order valence-electron chi connectivity index (χ1n) is 6.53. The van der Waals surface area contributed by atoms with Crippen LogP contribution in [-0.2, 0) is 0 Å². The molecule has 0 amide bonds. The molecule has 20 heavy (non-hydrogen) atoms. The van der Waals surface area contributed by atoms with Gasteiger partial charge in [0.05, 0.1) is 11.8 Å². The van der Waals surface area contributed by atoms with Gasteiger partial charge in [-0.25, -0.2) is 0 Å². The van der Waals surface area contributed by atoms with Gasteiger partial charge in [0.1, 0.15) is 0 Å². The van der Waals surface area contributed by atoms with Crippen LogP contribution in [0.4, 0.5) is 0 Å². The van der Waals surface area contributed by atoms with Gasteiger partial charge in [0.25, 0.3) is 0 Å². The van der Waals surface area contributed by atoms with E-state index in [1.807, 2.05) is 38.1 Å². The number of benzene rings is 1. The number of halogens is 1. The number of aromatic nitrogens is 2. The number of aliphatic hydroxyl groups is 1. The van der Waals surface area contributed by atoms with E-state index in [4.69, 9.17) is 0 Å². The molecule has 0 radical (unpaired) electrons. The average Bonchev–Trinajstić information content (AvgIpc) is 2.48. The van der Waals surface area contributed by atoms with Crippen LogP contribution in [0.25, 0.3) is 0 Å². The molecule has 0 fully saturated rings. The number of nitrogens with one attached hydrogen (secondary N) is 1. The monoisotopic (exact) mass is 335 g/mol. The minimum atomic E-state index is -0.567. The molecule has 0 aliphatic rings. The van der Waals surface area contributed by atoms with Crippen molar-refractivity contribution in [2.75, 3.05) is 0 Å². The Kier molecular flexibility index (Phi) is 5.23. The fraction of sp³-hybridized carbons (Fsp3) is 0.333. The van der Waals surface area contributed by atoms with Crippen molar-refractivity contribution in [1.29, 1.82) is 0 Å². The molecule has 4 nitrogen and oxygen atoms in total. The molecule has 106 valence electrons. The second-order valence-electron chi connectivity index (χ2n) is 4.80. The third-order valence-corrected chi connectivity index (χ3v) is 3.75. The number of hydrogen-bond donors (Lipinski definition) is 2. The van der Waals surface area contributed by atoms with Crippen molar-refractivity contribution >= 4 is 15.9 Å². The smallest absolute Gasteiger partial charge is 0.0940 e. The van der Waals surface area contributed by atoms with E-state index in [-0.39, 0.29) is 12.1 Å². The molecule has 3 atom stereocenters. The van der Waals surface area contributed by atoms with E-state index in [9.17, 15) is 5.11 Å². The molecule has 2 N–H and O–H groups in total. The highest BCUT2D eigenvalue weighted by Gasteiger charge is 2.19. The molecule has 0 aliphatic heterocycles. The summed E-state index contributed by atoms with van der Waals surface area (Å²) in [5.41, 5.74) is 1.75. The highest BCUT2D eigenvalue weighted by Crippen LogP contribution is 2.21. The lowest BCUT2D eigenvalue weighted by molar-refractivity contribution is 0.130. The predicted octanol–water partition coefficient (Wildman–Crippen LogP) is 3.01. The summed E-state index contributed by atoms with van der Waals surface area (Å²) in [4.78, 5) is 8.32. The molecule has 0 spiro atoms. The largest absolute Gasteiger partial charge is 0.387 e.